The molecule has 0 radical (unpaired) electrons. The van der Waals surface area contributed by atoms with Gasteiger partial charge in [0.05, 0.1) is 25.4 Å². The molecule has 2 N–H and O–H groups in total. The number of para-hydroxylation sites is 2. The van der Waals surface area contributed by atoms with Crippen LogP contribution in [0.15, 0.2) is 78.9 Å². The predicted octanol–water partition coefficient (Wildman–Crippen LogP) is 5.37. The second-order valence-corrected chi connectivity index (χ2v) is 10.9. The average molecular weight is 555 g/mol. The van der Waals surface area contributed by atoms with Crippen LogP contribution in [0.1, 0.15) is 29.9 Å². The number of nitrogens with one attached hydrogen (secondary N) is 1. The van der Waals surface area contributed by atoms with E-state index >= 15 is 0 Å². The van der Waals surface area contributed by atoms with Crippen molar-refractivity contribution >= 4 is 28.5 Å². The molecule has 0 saturated heterocycles. The molecule has 0 aliphatic carbocycles. The summed E-state index contributed by atoms with van der Waals surface area (Å²) in [6, 6.07) is 24.7. The molecule has 2 heterocycles. The summed E-state index contributed by atoms with van der Waals surface area (Å²) in [5, 5.41) is 14.1. The number of likely N-dealkylation sites (N-methyl/N-ethyl adjacent to an activating group) is 1. The van der Waals surface area contributed by atoms with Crippen molar-refractivity contribution in [2.24, 2.45) is 13.0 Å². The average Bonchev–Trinajstić information content (AvgIpc) is 3.28. The highest BCUT2D eigenvalue weighted by atomic mass is 16.5. The highest BCUT2D eigenvalue weighted by molar-refractivity contribution is 6.10. The number of aromatic nitrogens is 1. The van der Waals surface area contributed by atoms with Gasteiger partial charge in [-0.2, -0.15) is 0 Å². The molecule has 41 heavy (non-hydrogen) atoms. The van der Waals surface area contributed by atoms with Crippen LogP contribution >= 0.6 is 0 Å². The van der Waals surface area contributed by atoms with E-state index in [1.54, 1.807) is 16.8 Å². The summed E-state index contributed by atoms with van der Waals surface area (Å²) in [5.41, 5.74) is 5.04. The molecule has 1 aromatic heterocycles. The number of carbonyl (C=O) groups excluding carboxylic acids is 2. The Morgan fingerprint density at radius 2 is 1.76 bits per heavy atom. The van der Waals surface area contributed by atoms with Gasteiger partial charge in [0.1, 0.15) is 5.69 Å². The van der Waals surface area contributed by atoms with E-state index in [1.807, 2.05) is 104 Å². The van der Waals surface area contributed by atoms with Crippen molar-refractivity contribution in [3.8, 4) is 11.1 Å². The minimum absolute atomic E-state index is 0.136. The molecule has 8 heteroatoms. The summed E-state index contributed by atoms with van der Waals surface area (Å²) in [7, 11) is 3.67. The number of nitrogens with zero attached hydrogens (tertiary/aromatic N) is 3. The Balaban J connectivity index is 1.55. The predicted molar refractivity (Wildman–Crippen MR) is 162 cm³/mol. The van der Waals surface area contributed by atoms with E-state index in [0.717, 1.165) is 27.6 Å². The fraction of sp³-hybridized carbons (Fsp3) is 0.333. The van der Waals surface area contributed by atoms with Gasteiger partial charge in [-0.25, -0.2) is 4.79 Å². The number of benzene rings is 3. The van der Waals surface area contributed by atoms with Crippen molar-refractivity contribution in [3.63, 3.8) is 0 Å². The molecule has 3 atom stereocenters. The van der Waals surface area contributed by atoms with E-state index in [4.69, 9.17) is 4.74 Å². The van der Waals surface area contributed by atoms with Crippen LogP contribution in [0.5, 0.6) is 0 Å². The van der Waals surface area contributed by atoms with E-state index in [-0.39, 0.29) is 30.6 Å². The SMILES string of the molecule is C[C@@H]1CN([C@@H](C)CO)C(=O)c2c(c3ccccc3n2C)-c2ccccc2CO[C@@H]1CN(C)C(=O)Nc1ccccc1. The van der Waals surface area contributed by atoms with Crippen LogP contribution in [0.4, 0.5) is 10.5 Å². The minimum Gasteiger partial charge on any atom is -0.394 e. The quantitative estimate of drug-likeness (QED) is 0.347. The van der Waals surface area contributed by atoms with Crippen LogP contribution < -0.4 is 5.32 Å². The van der Waals surface area contributed by atoms with Crippen molar-refractivity contribution in [2.45, 2.75) is 32.6 Å². The van der Waals surface area contributed by atoms with E-state index in [1.165, 1.54) is 0 Å². The molecule has 0 bridgehead atoms. The number of rotatable bonds is 5. The summed E-state index contributed by atoms with van der Waals surface area (Å²) >= 11 is 0. The zero-order valence-electron chi connectivity index (χ0n) is 24.1. The molecule has 1 aliphatic heterocycles. The highest BCUT2D eigenvalue weighted by Gasteiger charge is 2.34. The number of aliphatic hydroxyl groups excluding tert-OH is 1. The Morgan fingerprint density at radius 3 is 2.51 bits per heavy atom. The summed E-state index contributed by atoms with van der Waals surface area (Å²) in [6.07, 6.45) is -0.367. The Labute approximate surface area is 241 Å². The lowest BCUT2D eigenvalue weighted by Crippen LogP contribution is -2.48. The lowest BCUT2D eigenvalue weighted by molar-refractivity contribution is -0.0179. The first-order chi connectivity index (χ1) is 19.8. The van der Waals surface area contributed by atoms with Crippen LogP contribution in [-0.4, -0.2) is 70.3 Å². The number of hydrogen-bond acceptors (Lipinski definition) is 4. The van der Waals surface area contributed by atoms with Crippen LogP contribution in [0.3, 0.4) is 0 Å². The molecule has 0 unspecified atom stereocenters. The number of ether oxygens (including phenoxy) is 1. The van der Waals surface area contributed by atoms with Gasteiger partial charge in [0.2, 0.25) is 0 Å². The van der Waals surface area contributed by atoms with Crippen LogP contribution in [-0.2, 0) is 18.4 Å². The third-order valence-corrected chi connectivity index (χ3v) is 8.05. The molecule has 214 valence electrons. The van der Waals surface area contributed by atoms with Crippen LogP contribution in [0.2, 0.25) is 0 Å². The van der Waals surface area contributed by atoms with E-state index in [2.05, 4.69) is 5.32 Å². The molecule has 3 amide bonds. The Bertz CT molecular complexity index is 1530. The standard InChI is InChI=1S/C33H38N4O4/c1-22-18-37(23(2)20-38)32(39)31-30(27-16-10-11-17-28(27)36(31)4)26-15-9-8-12-24(26)21-41-29(22)19-35(3)33(40)34-25-13-6-5-7-14-25/h5-17,22-23,29,38H,18-21H2,1-4H3,(H,34,40)/t22-,23+,29-/m1/s1. The molecular weight excluding hydrogens is 516 g/mol. The van der Waals surface area contributed by atoms with Gasteiger partial charge in [0.25, 0.3) is 5.91 Å². The van der Waals surface area contributed by atoms with E-state index < -0.39 is 6.04 Å². The maximum atomic E-state index is 14.4. The van der Waals surface area contributed by atoms with Gasteiger partial charge < -0.3 is 29.5 Å². The smallest absolute Gasteiger partial charge is 0.321 e. The van der Waals surface area contributed by atoms with Crippen molar-refractivity contribution in [3.05, 3.63) is 90.1 Å². The summed E-state index contributed by atoms with van der Waals surface area (Å²) in [5.74, 6) is -0.277. The number of carbonyl (C=O) groups is 2. The second kappa shape index (κ2) is 12.2. The monoisotopic (exact) mass is 554 g/mol. The maximum Gasteiger partial charge on any atom is 0.321 e. The van der Waals surface area contributed by atoms with Gasteiger partial charge in [0, 0.05) is 55.3 Å². The number of hydrogen-bond donors (Lipinski definition) is 2. The maximum absolute atomic E-state index is 14.4. The molecular formula is C33H38N4O4. The van der Waals surface area contributed by atoms with Crippen LogP contribution in [0, 0.1) is 5.92 Å². The first-order valence-electron chi connectivity index (χ1n) is 14.1. The Hall–Kier alpha value is -4.14. The molecule has 4 aromatic rings. The zero-order valence-corrected chi connectivity index (χ0v) is 24.1. The molecule has 0 fully saturated rings. The lowest BCUT2D eigenvalue weighted by atomic mass is 9.96. The molecule has 5 rings (SSSR count). The molecule has 8 nitrogen and oxygen atoms in total. The molecule has 1 aliphatic rings. The van der Waals surface area contributed by atoms with Gasteiger partial charge in [-0.1, -0.05) is 67.6 Å². The first kappa shape index (κ1) is 28.4. The van der Waals surface area contributed by atoms with Crippen LogP contribution in [0.25, 0.3) is 22.0 Å². The van der Waals surface area contributed by atoms with Crippen molar-refractivity contribution in [1.29, 1.82) is 0 Å². The van der Waals surface area contributed by atoms with Crippen molar-refractivity contribution in [1.82, 2.24) is 14.4 Å². The van der Waals surface area contributed by atoms with Gasteiger partial charge in [-0.3, -0.25) is 4.79 Å². The summed E-state index contributed by atoms with van der Waals surface area (Å²) in [6.45, 7) is 4.73. The lowest BCUT2D eigenvalue weighted by Gasteiger charge is -2.35. The van der Waals surface area contributed by atoms with E-state index in [0.29, 0.717) is 31.1 Å². The largest absolute Gasteiger partial charge is 0.394 e. The number of anilines is 1. The van der Waals surface area contributed by atoms with E-state index in [9.17, 15) is 14.7 Å². The third kappa shape index (κ3) is 5.71. The van der Waals surface area contributed by atoms with Gasteiger partial charge in [-0.15, -0.1) is 0 Å². The topological polar surface area (TPSA) is 87.0 Å². The number of amides is 3. The Morgan fingerprint density at radius 1 is 1.07 bits per heavy atom. The summed E-state index contributed by atoms with van der Waals surface area (Å²) < 4.78 is 8.55. The number of aliphatic hydroxyl groups is 1. The zero-order chi connectivity index (χ0) is 29.1. The third-order valence-electron chi connectivity index (χ3n) is 8.05. The number of urea groups is 1. The molecule has 0 saturated carbocycles. The van der Waals surface area contributed by atoms with Gasteiger partial charge >= 0.3 is 6.03 Å². The fourth-order valence-corrected chi connectivity index (χ4v) is 5.62. The molecule has 0 spiro atoms. The molecule has 3 aromatic carbocycles. The fourth-order valence-electron chi connectivity index (χ4n) is 5.62. The van der Waals surface area contributed by atoms with Crippen molar-refractivity contribution < 1.29 is 19.4 Å². The number of aryl methyl sites for hydroxylation is 1. The first-order valence-corrected chi connectivity index (χ1v) is 14.1. The van der Waals surface area contributed by atoms with Gasteiger partial charge in [0.15, 0.2) is 0 Å². The highest BCUT2D eigenvalue weighted by Crippen LogP contribution is 2.38. The summed E-state index contributed by atoms with van der Waals surface area (Å²) in [4.78, 5) is 30.8. The Kier molecular flexibility index (Phi) is 8.42. The second-order valence-electron chi connectivity index (χ2n) is 10.9. The van der Waals surface area contributed by atoms with Crippen molar-refractivity contribution in [2.75, 3.05) is 32.1 Å². The number of fused-ring (bicyclic) bond motifs is 5. The van der Waals surface area contributed by atoms with Gasteiger partial charge in [-0.05, 0) is 36.2 Å². The minimum atomic E-state index is -0.411. The normalized spacial score (nSPS) is 18.3.